The number of nitrogens with one attached hydrogen (secondary N) is 1. The van der Waals surface area contributed by atoms with Gasteiger partial charge in [-0.2, -0.15) is 0 Å². The molecule has 0 saturated heterocycles. The molecular weight excluding hydrogens is 383 g/mol. The Kier molecular flexibility index (Phi) is 4.68. The van der Waals surface area contributed by atoms with E-state index in [0.717, 1.165) is 5.69 Å². The van der Waals surface area contributed by atoms with Gasteiger partial charge in [0.2, 0.25) is 0 Å². The van der Waals surface area contributed by atoms with Crippen molar-refractivity contribution in [3.05, 3.63) is 87.9 Å². The summed E-state index contributed by atoms with van der Waals surface area (Å²) >= 11 is 12.7. The number of rotatable bonds is 3. The highest BCUT2D eigenvalue weighted by Gasteiger charge is 2.36. The van der Waals surface area contributed by atoms with E-state index in [2.05, 4.69) is 5.32 Å². The fraction of sp³-hybridized carbons (Fsp3) is 0.0952. The second-order valence-corrected chi connectivity index (χ2v) is 6.87. The van der Waals surface area contributed by atoms with Crippen molar-refractivity contribution in [2.45, 2.75) is 6.17 Å². The van der Waals surface area contributed by atoms with Gasteiger partial charge >= 0.3 is 0 Å². The largest absolute Gasteiger partial charge is 0.495 e. The number of carbonyl (C=O) groups is 1. The van der Waals surface area contributed by atoms with E-state index in [4.69, 9.17) is 27.9 Å². The highest BCUT2D eigenvalue weighted by atomic mass is 35.5. The Bertz CT molecular complexity index is 1020. The second-order valence-electron chi connectivity index (χ2n) is 6.08. The predicted molar refractivity (Wildman–Crippen MR) is 109 cm³/mol. The van der Waals surface area contributed by atoms with E-state index in [1.807, 2.05) is 54.6 Å². The van der Waals surface area contributed by atoms with Crippen LogP contribution < -0.4 is 15.0 Å². The zero-order chi connectivity index (χ0) is 19.0. The average molecular weight is 399 g/mol. The lowest BCUT2D eigenvalue weighted by Crippen LogP contribution is -2.43. The number of amides is 1. The first kappa shape index (κ1) is 17.7. The Morgan fingerprint density at radius 3 is 2.52 bits per heavy atom. The van der Waals surface area contributed by atoms with Crippen LogP contribution in [0, 0.1) is 0 Å². The van der Waals surface area contributed by atoms with Crippen molar-refractivity contribution in [3.8, 4) is 5.75 Å². The Balaban J connectivity index is 1.94. The fourth-order valence-corrected chi connectivity index (χ4v) is 3.69. The number of carbonyl (C=O) groups excluding carboxylic acids is 1. The van der Waals surface area contributed by atoms with Crippen molar-refractivity contribution in [3.63, 3.8) is 0 Å². The van der Waals surface area contributed by atoms with Gasteiger partial charge in [0.05, 0.1) is 28.4 Å². The van der Waals surface area contributed by atoms with E-state index in [9.17, 15) is 4.79 Å². The summed E-state index contributed by atoms with van der Waals surface area (Å²) in [7, 11) is 1.58. The van der Waals surface area contributed by atoms with Crippen LogP contribution in [0.5, 0.6) is 5.75 Å². The molecule has 6 heteroatoms. The van der Waals surface area contributed by atoms with Gasteiger partial charge in [0.1, 0.15) is 11.9 Å². The summed E-state index contributed by atoms with van der Waals surface area (Å²) in [5.74, 6) is 0.449. The smallest absolute Gasteiger partial charge is 0.262 e. The highest BCUT2D eigenvalue weighted by molar-refractivity contribution is 6.42. The van der Waals surface area contributed by atoms with Gasteiger partial charge in [-0.1, -0.05) is 59.6 Å². The maximum atomic E-state index is 13.4. The monoisotopic (exact) mass is 398 g/mol. The van der Waals surface area contributed by atoms with Gasteiger partial charge in [-0.05, 0) is 30.3 Å². The molecule has 0 bridgehead atoms. The van der Waals surface area contributed by atoms with Crippen LogP contribution in [-0.4, -0.2) is 13.0 Å². The van der Waals surface area contributed by atoms with Gasteiger partial charge < -0.3 is 10.1 Å². The van der Waals surface area contributed by atoms with Crippen molar-refractivity contribution in [2.24, 2.45) is 0 Å². The summed E-state index contributed by atoms with van der Waals surface area (Å²) in [6.07, 6.45) is -0.533. The van der Waals surface area contributed by atoms with Crippen molar-refractivity contribution in [1.82, 2.24) is 0 Å². The molecule has 3 aromatic rings. The quantitative estimate of drug-likeness (QED) is 0.608. The van der Waals surface area contributed by atoms with Crippen LogP contribution in [0.4, 0.5) is 11.4 Å². The molecule has 4 nitrogen and oxygen atoms in total. The van der Waals surface area contributed by atoms with Gasteiger partial charge in [-0.15, -0.1) is 0 Å². The minimum atomic E-state index is -0.533. The zero-order valence-corrected chi connectivity index (χ0v) is 16.0. The molecule has 136 valence electrons. The van der Waals surface area contributed by atoms with Gasteiger partial charge in [0.15, 0.2) is 0 Å². The standard InChI is InChI=1S/C21H16Cl2N2O2/c1-27-18-12-5-4-11-17(18)25-20(14-8-6-9-15(22)19(14)23)24-16-10-3-2-7-13(16)21(25)26/h2-12,20,24H,1H3/t20-/m0/s1. The van der Waals surface area contributed by atoms with Crippen molar-refractivity contribution in [1.29, 1.82) is 0 Å². The number of nitrogens with zero attached hydrogens (tertiary/aromatic N) is 1. The molecule has 0 radical (unpaired) electrons. The SMILES string of the molecule is COc1ccccc1N1C(=O)c2ccccc2N[C@@H]1c1cccc(Cl)c1Cl. The Hall–Kier alpha value is -2.69. The molecule has 1 aliphatic heterocycles. The summed E-state index contributed by atoms with van der Waals surface area (Å²) in [6, 6.07) is 20.2. The summed E-state index contributed by atoms with van der Waals surface area (Å²) < 4.78 is 5.49. The molecule has 3 aromatic carbocycles. The van der Waals surface area contributed by atoms with Crippen LogP contribution in [-0.2, 0) is 0 Å². The first-order valence-corrected chi connectivity index (χ1v) is 9.13. The lowest BCUT2D eigenvalue weighted by atomic mass is 10.0. The Labute approximate surface area is 167 Å². The summed E-state index contributed by atoms with van der Waals surface area (Å²) in [5, 5.41) is 4.26. The number of benzene rings is 3. The molecule has 1 amide bonds. The molecule has 0 fully saturated rings. The first-order chi connectivity index (χ1) is 13.1. The van der Waals surface area contributed by atoms with Crippen LogP contribution >= 0.6 is 23.2 Å². The number of halogens is 2. The topological polar surface area (TPSA) is 41.6 Å². The van der Waals surface area contributed by atoms with Crippen LogP contribution in [0.2, 0.25) is 10.0 Å². The molecule has 1 N–H and O–H groups in total. The predicted octanol–water partition coefficient (Wildman–Crippen LogP) is 5.77. The second kappa shape index (κ2) is 7.14. The van der Waals surface area contributed by atoms with Crippen LogP contribution in [0.3, 0.4) is 0 Å². The fourth-order valence-electron chi connectivity index (χ4n) is 3.28. The van der Waals surface area contributed by atoms with Crippen LogP contribution in [0.25, 0.3) is 0 Å². The number of methoxy groups -OCH3 is 1. The van der Waals surface area contributed by atoms with Crippen molar-refractivity contribution < 1.29 is 9.53 Å². The van der Waals surface area contributed by atoms with Gasteiger partial charge in [0.25, 0.3) is 5.91 Å². The van der Waals surface area contributed by atoms with Crippen molar-refractivity contribution in [2.75, 3.05) is 17.3 Å². The molecular formula is C21H16Cl2N2O2. The third kappa shape index (κ3) is 3.01. The van der Waals surface area contributed by atoms with Gasteiger partial charge in [-0.25, -0.2) is 0 Å². The van der Waals surface area contributed by atoms with Gasteiger partial charge in [0, 0.05) is 11.3 Å². The normalized spacial score (nSPS) is 15.9. The number of para-hydroxylation sites is 3. The van der Waals surface area contributed by atoms with E-state index < -0.39 is 6.17 Å². The average Bonchev–Trinajstić information content (AvgIpc) is 2.70. The number of fused-ring (bicyclic) bond motifs is 1. The number of ether oxygens (including phenoxy) is 1. The van der Waals surface area contributed by atoms with E-state index in [1.165, 1.54) is 0 Å². The molecule has 0 unspecified atom stereocenters. The zero-order valence-electron chi connectivity index (χ0n) is 14.4. The van der Waals surface area contributed by atoms with Crippen LogP contribution in [0.15, 0.2) is 66.7 Å². The third-order valence-corrected chi connectivity index (χ3v) is 5.38. The Morgan fingerprint density at radius 1 is 0.963 bits per heavy atom. The van der Waals surface area contributed by atoms with Gasteiger partial charge in [-0.3, -0.25) is 9.69 Å². The lowest BCUT2D eigenvalue weighted by molar-refractivity contribution is 0.0974. The number of anilines is 2. The summed E-state index contributed by atoms with van der Waals surface area (Å²) in [6.45, 7) is 0. The van der Waals surface area contributed by atoms with E-state index in [-0.39, 0.29) is 5.91 Å². The van der Waals surface area contributed by atoms with Crippen LogP contribution in [0.1, 0.15) is 22.1 Å². The van der Waals surface area contributed by atoms with E-state index in [1.54, 1.807) is 24.1 Å². The van der Waals surface area contributed by atoms with E-state index in [0.29, 0.717) is 32.6 Å². The Morgan fingerprint density at radius 2 is 1.70 bits per heavy atom. The highest BCUT2D eigenvalue weighted by Crippen LogP contribution is 2.42. The molecule has 0 spiro atoms. The minimum absolute atomic E-state index is 0.144. The van der Waals surface area contributed by atoms with Crippen molar-refractivity contribution >= 4 is 40.5 Å². The van der Waals surface area contributed by atoms with E-state index >= 15 is 0 Å². The minimum Gasteiger partial charge on any atom is -0.495 e. The maximum Gasteiger partial charge on any atom is 0.262 e. The molecule has 27 heavy (non-hydrogen) atoms. The third-order valence-electron chi connectivity index (χ3n) is 4.55. The molecule has 0 saturated carbocycles. The molecule has 4 rings (SSSR count). The molecule has 0 aromatic heterocycles. The maximum absolute atomic E-state index is 13.4. The lowest BCUT2D eigenvalue weighted by Gasteiger charge is -2.39. The molecule has 1 atom stereocenters. The molecule has 1 aliphatic rings. The number of hydrogen-bond acceptors (Lipinski definition) is 3. The summed E-state index contributed by atoms with van der Waals surface area (Å²) in [4.78, 5) is 15.1. The first-order valence-electron chi connectivity index (χ1n) is 8.38. The summed E-state index contributed by atoms with van der Waals surface area (Å²) in [5.41, 5.74) is 2.68. The molecule has 0 aliphatic carbocycles. The number of hydrogen-bond donors (Lipinski definition) is 1. The molecule has 1 heterocycles.